The van der Waals surface area contributed by atoms with Crippen LogP contribution in [0.2, 0.25) is 0 Å². The van der Waals surface area contributed by atoms with Gasteiger partial charge in [-0.1, -0.05) is 29.8 Å². The van der Waals surface area contributed by atoms with Gasteiger partial charge in [-0.15, -0.1) is 0 Å². The van der Waals surface area contributed by atoms with Gasteiger partial charge in [-0.3, -0.25) is 0 Å². The molecule has 0 atom stereocenters. The van der Waals surface area contributed by atoms with E-state index in [2.05, 4.69) is 15.9 Å². The summed E-state index contributed by atoms with van der Waals surface area (Å²) in [6, 6.07) is 5.22. The highest BCUT2D eigenvalue weighted by atomic mass is 79.9. The molecule has 0 fully saturated rings. The van der Waals surface area contributed by atoms with Crippen LogP contribution in [0.25, 0.3) is 0 Å². The van der Waals surface area contributed by atoms with E-state index in [-0.39, 0.29) is 0 Å². The van der Waals surface area contributed by atoms with Gasteiger partial charge in [0, 0.05) is 17.6 Å². The summed E-state index contributed by atoms with van der Waals surface area (Å²) in [6.07, 6.45) is 0. The van der Waals surface area contributed by atoms with Crippen LogP contribution in [0.5, 0.6) is 0 Å². The molecule has 0 aliphatic heterocycles. The van der Waals surface area contributed by atoms with Crippen molar-refractivity contribution in [1.82, 2.24) is 4.31 Å². The number of hydrogen-bond donors (Lipinski definition) is 0. The number of rotatable bonds is 4. The molecule has 0 aromatic heterocycles. The quantitative estimate of drug-likeness (QED) is 0.858. The zero-order valence-corrected chi connectivity index (χ0v) is 12.1. The Morgan fingerprint density at radius 2 is 1.81 bits per heavy atom. The molecule has 0 N–H and O–H groups in total. The topological polar surface area (TPSA) is 37.4 Å². The van der Waals surface area contributed by atoms with Crippen molar-refractivity contribution in [2.45, 2.75) is 25.7 Å². The molecule has 0 heterocycles. The predicted molar refractivity (Wildman–Crippen MR) is 69.0 cm³/mol. The van der Waals surface area contributed by atoms with E-state index in [1.165, 1.54) is 4.31 Å². The molecule has 3 nitrogen and oxygen atoms in total. The van der Waals surface area contributed by atoms with Crippen molar-refractivity contribution in [1.29, 1.82) is 0 Å². The van der Waals surface area contributed by atoms with Crippen LogP contribution in [-0.2, 0) is 10.0 Å². The van der Waals surface area contributed by atoms with E-state index >= 15 is 0 Å². The number of halogens is 1. The molecular formula is C11H16BrNO2S. The Labute approximate surface area is 106 Å². The van der Waals surface area contributed by atoms with Crippen LogP contribution in [0.3, 0.4) is 0 Å². The van der Waals surface area contributed by atoms with Crippen molar-refractivity contribution in [2.75, 3.05) is 13.1 Å². The van der Waals surface area contributed by atoms with Gasteiger partial charge in [0.2, 0.25) is 10.0 Å². The third-order valence-corrected chi connectivity index (χ3v) is 5.16. The molecule has 5 heteroatoms. The average Bonchev–Trinajstić information content (AvgIpc) is 2.18. The van der Waals surface area contributed by atoms with Crippen LogP contribution < -0.4 is 0 Å². The number of nitrogens with zero attached hydrogens (tertiary/aromatic N) is 1. The molecule has 1 aromatic carbocycles. The third-order valence-electron chi connectivity index (χ3n) is 2.46. The lowest BCUT2D eigenvalue weighted by molar-refractivity contribution is 0.445. The monoisotopic (exact) mass is 305 g/mol. The zero-order chi connectivity index (χ0) is 12.3. The van der Waals surface area contributed by atoms with Gasteiger partial charge in [-0.2, -0.15) is 4.31 Å². The first-order valence-electron chi connectivity index (χ1n) is 5.19. The smallest absolute Gasteiger partial charge is 0.207 e. The predicted octanol–water partition coefficient (Wildman–Crippen LogP) is 2.79. The molecule has 90 valence electrons. The first-order valence-corrected chi connectivity index (χ1v) is 7.43. The maximum Gasteiger partial charge on any atom is 0.243 e. The van der Waals surface area contributed by atoms with Crippen LogP contribution in [0.1, 0.15) is 19.4 Å². The van der Waals surface area contributed by atoms with Crippen molar-refractivity contribution in [3.05, 3.63) is 28.2 Å². The van der Waals surface area contributed by atoms with Crippen LogP contribution in [0, 0.1) is 6.92 Å². The highest BCUT2D eigenvalue weighted by Gasteiger charge is 2.23. The fourth-order valence-electron chi connectivity index (χ4n) is 1.60. The minimum Gasteiger partial charge on any atom is -0.207 e. The zero-order valence-electron chi connectivity index (χ0n) is 9.70. The Morgan fingerprint density at radius 3 is 2.25 bits per heavy atom. The van der Waals surface area contributed by atoms with E-state index in [9.17, 15) is 8.42 Å². The van der Waals surface area contributed by atoms with Gasteiger partial charge in [0.15, 0.2) is 0 Å². The molecule has 0 amide bonds. The highest BCUT2D eigenvalue weighted by molar-refractivity contribution is 9.10. The van der Waals surface area contributed by atoms with Crippen LogP contribution in [0.4, 0.5) is 0 Å². The minimum atomic E-state index is -3.34. The fourth-order valence-corrected chi connectivity index (χ4v) is 3.74. The number of hydrogen-bond acceptors (Lipinski definition) is 2. The third kappa shape index (κ3) is 2.64. The first kappa shape index (κ1) is 13.7. The molecule has 16 heavy (non-hydrogen) atoms. The van der Waals surface area contributed by atoms with Crippen molar-refractivity contribution in [2.24, 2.45) is 0 Å². The summed E-state index contributed by atoms with van der Waals surface area (Å²) in [6.45, 7) is 6.48. The summed E-state index contributed by atoms with van der Waals surface area (Å²) in [5.74, 6) is 0. The van der Waals surface area contributed by atoms with Crippen molar-refractivity contribution >= 4 is 26.0 Å². The second-order valence-corrected chi connectivity index (χ2v) is 6.32. The molecule has 0 unspecified atom stereocenters. The van der Waals surface area contributed by atoms with Crippen LogP contribution in [0.15, 0.2) is 27.6 Å². The summed E-state index contributed by atoms with van der Waals surface area (Å²) in [7, 11) is -3.34. The lowest BCUT2D eigenvalue weighted by Gasteiger charge is -2.19. The molecular weight excluding hydrogens is 290 g/mol. The maximum absolute atomic E-state index is 12.2. The molecule has 0 saturated carbocycles. The molecule has 1 aromatic rings. The summed E-state index contributed by atoms with van der Waals surface area (Å²) in [5.41, 5.74) is 0.765. The fraction of sp³-hybridized carbons (Fsp3) is 0.455. The van der Waals surface area contributed by atoms with Crippen molar-refractivity contribution < 1.29 is 8.42 Å². The van der Waals surface area contributed by atoms with Gasteiger partial charge in [0.25, 0.3) is 0 Å². The standard InChI is InChI=1S/C11H16BrNO2S/c1-4-13(5-2)16(14,15)11-7-6-10(12)8-9(11)3/h6-8H,4-5H2,1-3H3. The van der Waals surface area contributed by atoms with Gasteiger partial charge < -0.3 is 0 Å². The van der Waals surface area contributed by atoms with Gasteiger partial charge in [0.05, 0.1) is 4.90 Å². The summed E-state index contributed by atoms with van der Waals surface area (Å²) < 4.78 is 26.8. The van der Waals surface area contributed by atoms with Gasteiger partial charge in [-0.25, -0.2) is 8.42 Å². The Kier molecular flexibility index (Phi) is 4.52. The van der Waals surface area contributed by atoms with E-state index in [0.29, 0.717) is 18.0 Å². The van der Waals surface area contributed by atoms with Crippen LogP contribution in [-0.4, -0.2) is 25.8 Å². The molecule has 0 radical (unpaired) electrons. The Morgan fingerprint density at radius 1 is 1.25 bits per heavy atom. The Hall–Kier alpha value is -0.390. The molecule has 0 bridgehead atoms. The number of sulfonamides is 1. The van der Waals surface area contributed by atoms with Crippen molar-refractivity contribution in [3.8, 4) is 0 Å². The molecule has 1 rings (SSSR count). The number of benzene rings is 1. The highest BCUT2D eigenvalue weighted by Crippen LogP contribution is 2.22. The van der Waals surface area contributed by atoms with Gasteiger partial charge in [-0.05, 0) is 30.7 Å². The summed E-state index contributed by atoms with van der Waals surface area (Å²) in [4.78, 5) is 0.388. The molecule has 0 aliphatic rings. The lowest BCUT2D eigenvalue weighted by Crippen LogP contribution is -2.31. The van der Waals surface area contributed by atoms with Crippen LogP contribution >= 0.6 is 15.9 Å². The molecule has 0 aliphatic carbocycles. The maximum atomic E-state index is 12.2. The van der Waals surface area contributed by atoms with Gasteiger partial charge in [0.1, 0.15) is 0 Å². The normalized spacial score (nSPS) is 12.1. The second kappa shape index (κ2) is 5.29. The Balaban J connectivity index is 3.27. The number of aryl methyl sites for hydroxylation is 1. The van der Waals surface area contributed by atoms with E-state index in [1.54, 1.807) is 19.1 Å². The van der Waals surface area contributed by atoms with E-state index in [1.807, 2.05) is 19.9 Å². The SMILES string of the molecule is CCN(CC)S(=O)(=O)c1ccc(Br)cc1C. The summed E-state index contributed by atoms with van der Waals surface area (Å²) in [5, 5.41) is 0. The van der Waals surface area contributed by atoms with E-state index in [0.717, 1.165) is 10.0 Å². The average molecular weight is 306 g/mol. The van der Waals surface area contributed by atoms with Crippen molar-refractivity contribution in [3.63, 3.8) is 0 Å². The second-order valence-electron chi connectivity index (χ2n) is 3.50. The summed E-state index contributed by atoms with van der Waals surface area (Å²) >= 11 is 3.33. The first-order chi connectivity index (χ1) is 7.43. The van der Waals surface area contributed by atoms with E-state index < -0.39 is 10.0 Å². The molecule has 0 spiro atoms. The van der Waals surface area contributed by atoms with Gasteiger partial charge >= 0.3 is 0 Å². The van der Waals surface area contributed by atoms with E-state index in [4.69, 9.17) is 0 Å². The minimum absolute atomic E-state index is 0.388. The lowest BCUT2D eigenvalue weighted by atomic mass is 10.2. The largest absolute Gasteiger partial charge is 0.243 e. The Bertz CT molecular complexity index is 467. The molecule has 0 saturated heterocycles.